The van der Waals surface area contributed by atoms with Crippen LogP contribution in [0.2, 0.25) is 16.9 Å². The highest BCUT2D eigenvalue weighted by Gasteiger charge is 2.64. The van der Waals surface area contributed by atoms with Crippen molar-refractivity contribution >= 4 is 12.5 Å². The first-order chi connectivity index (χ1) is 14.4. The molecule has 2 heteroatoms. The van der Waals surface area contributed by atoms with Crippen LogP contribution in [0.3, 0.4) is 0 Å². The van der Waals surface area contributed by atoms with Gasteiger partial charge in [0.1, 0.15) is 5.78 Å². The molecule has 1 nitrogen and oxygen atoms in total. The molecule has 4 atom stereocenters. The van der Waals surface area contributed by atoms with E-state index < -0.39 is 0 Å². The van der Waals surface area contributed by atoms with E-state index in [0.29, 0.717) is 27.2 Å². The first-order valence-electron chi connectivity index (χ1n) is 13.9. The minimum Gasteiger partial charge on any atom is -0.300 e. The number of carbonyl (C=O) groups excluding carboxylic acids is 1. The highest BCUT2D eigenvalue weighted by Crippen LogP contribution is 2.74. The van der Waals surface area contributed by atoms with Crippen LogP contribution in [0.4, 0.5) is 0 Å². The third-order valence-corrected chi connectivity index (χ3v) is 11.9. The van der Waals surface area contributed by atoms with Crippen LogP contribution in [-0.4, -0.2) is 12.5 Å². The second-order valence-electron chi connectivity index (χ2n) is 14.5. The van der Waals surface area contributed by atoms with E-state index in [9.17, 15) is 4.79 Å². The van der Waals surface area contributed by atoms with E-state index in [1.165, 1.54) is 57.7 Å². The van der Waals surface area contributed by atoms with Crippen molar-refractivity contribution in [3.8, 4) is 0 Å². The average Bonchev–Trinajstić information content (AvgIpc) is 2.71. The first-order valence-corrected chi connectivity index (χ1v) is 13.9. The van der Waals surface area contributed by atoms with Gasteiger partial charge in [-0.25, -0.2) is 0 Å². The molecule has 6 aliphatic rings. The molecule has 0 aliphatic heterocycles. The Morgan fingerprint density at radius 2 is 1.13 bits per heavy atom. The van der Waals surface area contributed by atoms with Gasteiger partial charge in [-0.3, -0.25) is 4.79 Å². The molecule has 0 saturated heterocycles. The Kier molecular flexibility index (Phi) is 6.31. The average molecular weight is 427 g/mol. The Labute approximate surface area is 194 Å². The molecule has 0 amide bonds. The fraction of sp³-hybridized carbons (Fsp3) is 0.966. The van der Waals surface area contributed by atoms with Gasteiger partial charge < -0.3 is 0 Å². The summed E-state index contributed by atoms with van der Waals surface area (Å²) in [4.78, 5) is 12.5. The van der Waals surface area contributed by atoms with Crippen molar-refractivity contribution in [1.82, 2.24) is 0 Å². The molecule has 31 heavy (non-hydrogen) atoms. The Bertz CT molecular complexity index is 604. The fourth-order valence-corrected chi connectivity index (χ4v) is 9.36. The Morgan fingerprint density at radius 1 is 0.710 bits per heavy atom. The fourth-order valence-electron chi connectivity index (χ4n) is 9.36. The second kappa shape index (κ2) is 8.20. The smallest absolute Gasteiger partial charge is 0.152 e. The summed E-state index contributed by atoms with van der Waals surface area (Å²) < 4.78 is 0. The maximum Gasteiger partial charge on any atom is 0.152 e. The highest BCUT2D eigenvalue weighted by atomic mass is 16.1. The van der Waals surface area contributed by atoms with Gasteiger partial charge in [-0.1, -0.05) is 110 Å². The van der Waals surface area contributed by atoms with E-state index in [1.54, 1.807) is 0 Å². The molecular weight excluding hydrogens is 375 g/mol. The van der Waals surface area contributed by atoms with Gasteiger partial charge in [-0.05, 0) is 53.8 Å². The SMILES string of the molecule is CCCCCC(=O)CCCB(C1(C)CC2CC(C1)C2(C)C)C1(C)CC2CC(C1)C2(C)C. The summed E-state index contributed by atoms with van der Waals surface area (Å²) >= 11 is 0. The Hall–Kier alpha value is -0.265. The van der Waals surface area contributed by atoms with Crippen molar-refractivity contribution in [2.75, 3.05) is 0 Å². The van der Waals surface area contributed by atoms with E-state index >= 15 is 0 Å². The molecule has 0 spiro atoms. The largest absolute Gasteiger partial charge is 0.300 e. The molecule has 0 heterocycles. The molecule has 6 saturated carbocycles. The van der Waals surface area contributed by atoms with Gasteiger partial charge in [0.05, 0.1) is 0 Å². The van der Waals surface area contributed by atoms with Gasteiger partial charge in [-0.15, -0.1) is 0 Å². The molecule has 4 unspecified atom stereocenters. The van der Waals surface area contributed by atoms with Gasteiger partial charge in [0, 0.05) is 12.8 Å². The molecule has 0 aromatic heterocycles. The van der Waals surface area contributed by atoms with Crippen LogP contribution in [0.15, 0.2) is 0 Å². The number of rotatable bonds is 10. The summed E-state index contributed by atoms with van der Waals surface area (Å²) in [6.07, 6.45) is 16.4. The summed E-state index contributed by atoms with van der Waals surface area (Å²) in [6.45, 7) is 18.5. The number of fused-ring (bicyclic) bond motifs is 4. The zero-order chi connectivity index (χ0) is 22.7. The van der Waals surface area contributed by atoms with Crippen molar-refractivity contribution in [3.05, 3.63) is 0 Å². The number of Topliss-reactive ketones (excluding diaryl/α,β-unsaturated/α-hetero) is 1. The van der Waals surface area contributed by atoms with Crippen LogP contribution in [0, 0.1) is 34.5 Å². The lowest BCUT2D eigenvalue weighted by Crippen LogP contribution is -2.60. The van der Waals surface area contributed by atoms with Crippen LogP contribution in [0.5, 0.6) is 0 Å². The summed E-state index contributed by atoms with van der Waals surface area (Å²) in [5.41, 5.74) is 1.16. The second-order valence-corrected chi connectivity index (χ2v) is 14.5. The molecule has 0 radical (unpaired) electrons. The molecule has 0 aromatic rings. The number of ketones is 1. The molecule has 0 aromatic carbocycles. The lowest BCUT2D eigenvalue weighted by atomic mass is 9.14. The quantitative estimate of drug-likeness (QED) is 0.252. The summed E-state index contributed by atoms with van der Waals surface area (Å²) in [7, 11) is 0. The number of hydrogen-bond donors (Lipinski definition) is 0. The minimum absolute atomic E-state index is 0.497. The molecular formula is C29H51BO. The van der Waals surface area contributed by atoms with Gasteiger partial charge in [0.25, 0.3) is 0 Å². The summed E-state index contributed by atoms with van der Waals surface area (Å²) in [6, 6.07) is 0. The maximum absolute atomic E-state index is 12.5. The van der Waals surface area contributed by atoms with Crippen LogP contribution >= 0.6 is 0 Å². The minimum atomic E-state index is 0.497. The standard InChI is InChI=1S/C29H51BO/c1-8-9-10-12-25(31)13-11-14-30(28(6)17-21-15-22(18-28)26(21,2)3)29(7)19-23-16-24(20-29)27(23,4)5/h21-24H,8-20H2,1-7H3. The lowest BCUT2D eigenvalue weighted by Gasteiger charge is -2.68. The molecule has 176 valence electrons. The van der Waals surface area contributed by atoms with Crippen molar-refractivity contribution in [1.29, 1.82) is 0 Å². The van der Waals surface area contributed by atoms with E-state index in [2.05, 4.69) is 48.5 Å². The molecule has 6 fully saturated rings. The molecule has 0 N–H and O–H groups in total. The number of hydrogen-bond acceptors (Lipinski definition) is 1. The molecule has 4 bridgehead atoms. The van der Waals surface area contributed by atoms with E-state index in [0.717, 1.165) is 56.1 Å². The Balaban J connectivity index is 1.45. The normalized spacial score (nSPS) is 41.8. The van der Waals surface area contributed by atoms with E-state index in [4.69, 9.17) is 0 Å². The first kappa shape index (κ1) is 23.9. The van der Waals surface area contributed by atoms with Crippen molar-refractivity contribution in [2.45, 2.75) is 142 Å². The zero-order valence-corrected chi connectivity index (χ0v) is 22.0. The highest BCUT2D eigenvalue weighted by molar-refractivity contribution is 6.65. The maximum atomic E-state index is 12.5. The monoisotopic (exact) mass is 426 g/mol. The predicted octanol–water partition coefficient (Wildman–Crippen LogP) is 8.84. The van der Waals surface area contributed by atoms with Crippen LogP contribution in [-0.2, 0) is 4.79 Å². The van der Waals surface area contributed by atoms with Crippen LogP contribution in [0.1, 0.15) is 126 Å². The number of carbonyl (C=O) groups is 1. The van der Waals surface area contributed by atoms with E-state index in [1.807, 2.05) is 0 Å². The van der Waals surface area contributed by atoms with Crippen LogP contribution < -0.4 is 0 Å². The predicted molar refractivity (Wildman–Crippen MR) is 135 cm³/mol. The van der Waals surface area contributed by atoms with Crippen molar-refractivity contribution in [3.63, 3.8) is 0 Å². The molecule has 6 rings (SSSR count). The summed E-state index contributed by atoms with van der Waals surface area (Å²) in [5, 5.41) is 0.994. The topological polar surface area (TPSA) is 17.1 Å². The molecule has 6 aliphatic carbocycles. The van der Waals surface area contributed by atoms with Crippen LogP contribution in [0.25, 0.3) is 0 Å². The van der Waals surface area contributed by atoms with Gasteiger partial charge >= 0.3 is 0 Å². The third-order valence-electron chi connectivity index (χ3n) is 11.9. The van der Waals surface area contributed by atoms with Gasteiger partial charge in [-0.2, -0.15) is 0 Å². The zero-order valence-electron chi connectivity index (χ0n) is 22.0. The van der Waals surface area contributed by atoms with E-state index in [-0.39, 0.29) is 0 Å². The van der Waals surface area contributed by atoms with Crippen molar-refractivity contribution in [2.24, 2.45) is 34.5 Å². The van der Waals surface area contributed by atoms with Crippen molar-refractivity contribution < 1.29 is 4.79 Å². The number of unbranched alkanes of at least 4 members (excludes halogenated alkanes) is 2. The lowest BCUT2D eigenvalue weighted by molar-refractivity contribution is -0.119. The summed E-state index contributed by atoms with van der Waals surface area (Å²) in [5.74, 6) is 4.28. The Morgan fingerprint density at radius 3 is 1.52 bits per heavy atom. The van der Waals surface area contributed by atoms with Gasteiger partial charge in [0.15, 0.2) is 6.71 Å². The van der Waals surface area contributed by atoms with Gasteiger partial charge in [0.2, 0.25) is 0 Å². The third kappa shape index (κ3) is 4.10.